The van der Waals surface area contributed by atoms with Crippen LogP contribution in [0.5, 0.6) is 0 Å². The van der Waals surface area contributed by atoms with Crippen LogP contribution in [0.25, 0.3) is 5.57 Å². The predicted octanol–water partition coefficient (Wildman–Crippen LogP) is 2.22. The van der Waals surface area contributed by atoms with Gasteiger partial charge in [-0.25, -0.2) is 0 Å². The third-order valence-corrected chi connectivity index (χ3v) is 3.80. The van der Waals surface area contributed by atoms with Crippen molar-refractivity contribution in [2.45, 2.75) is 25.3 Å². The summed E-state index contributed by atoms with van der Waals surface area (Å²) in [5, 5.41) is 3.62. The summed E-state index contributed by atoms with van der Waals surface area (Å²) in [6.45, 7) is 1.13. The minimum Gasteiger partial charge on any atom is -0.310 e. The zero-order chi connectivity index (χ0) is 11.7. The number of pyridine rings is 1. The van der Waals surface area contributed by atoms with Crippen LogP contribution in [0.3, 0.4) is 0 Å². The highest BCUT2D eigenvalue weighted by atomic mass is 14.9. The molecule has 2 heterocycles. The van der Waals surface area contributed by atoms with E-state index in [4.69, 9.17) is 6.42 Å². The third kappa shape index (κ3) is 1.87. The molecule has 2 atom stereocenters. The fraction of sp³-hybridized carbons (Fsp3) is 0.400. The molecule has 1 aliphatic heterocycles. The van der Waals surface area contributed by atoms with Crippen LogP contribution in [0.1, 0.15) is 30.4 Å². The highest BCUT2D eigenvalue weighted by molar-refractivity contribution is 5.72. The fourth-order valence-corrected chi connectivity index (χ4v) is 2.95. The molecular formula is C15H16N2. The average Bonchev–Trinajstić information content (AvgIpc) is 2.82. The van der Waals surface area contributed by atoms with Crippen molar-refractivity contribution >= 4 is 5.57 Å². The van der Waals surface area contributed by atoms with E-state index in [9.17, 15) is 0 Å². The normalized spacial score (nSPS) is 27.1. The summed E-state index contributed by atoms with van der Waals surface area (Å²) in [5.74, 6) is 3.42. The number of aromatic nitrogens is 1. The highest BCUT2D eigenvalue weighted by Crippen LogP contribution is 2.36. The maximum atomic E-state index is 5.42. The maximum absolute atomic E-state index is 5.42. The smallest absolute Gasteiger partial charge is 0.0432 e. The number of hydrogen-bond acceptors (Lipinski definition) is 2. The summed E-state index contributed by atoms with van der Waals surface area (Å²) >= 11 is 0. The lowest BCUT2D eigenvalue weighted by molar-refractivity contribution is 0.346. The Kier molecular flexibility index (Phi) is 2.70. The van der Waals surface area contributed by atoms with Gasteiger partial charge in [0.05, 0.1) is 0 Å². The first-order valence-corrected chi connectivity index (χ1v) is 6.24. The molecule has 0 bridgehead atoms. The first-order valence-electron chi connectivity index (χ1n) is 6.24. The van der Waals surface area contributed by atoms with Crippen LogP contribution in [0, 0.1) is 18.3 Å². The molecule has 0 unspecified atom stereocenters. The summed E-state index contributed by atoms with van der Waals surface area (Å²) in [6.07, 6.45) is 15.3. The molecule has 0 radical (unpaired) electrons. The van der Waals surface area contributed by atoms with Gasteiger partial charge in [-0.05, 0) is 48.9 Å². The van der Waals surface area contributed by atoms with Crippen LogP contribution < -0.4 is 5.32 Å². The first kappa shape index (κ1) is 10.6. The number of piperidine rings is 1. The lowest BCUT2D eigenvalue weighted by atomic mass is 9.88. The molecule has 2 heteroatoms. The number of terminal acetylenes is 1. The van der Waals surface area contributed by atoms with E-state index in [0.29, 0.717) is 6.04 Å². The Hall–Kier alpha value is -1.59. The van der Waals surface area contributed by atoms with Crippen molar-refractivity contribution in [2.24, 2.45) is 5.92 Å². The summed E-state index contributed by atoms with van der Waals surface area (Å²) in [4.78, 5) is 4.23. The van der Waals surface area contributed by atoms with E-state index < -0.39 is 0 Å². The van der Waals surface area contributed by atoms with Gasteiger partial charge >= 0.3 is 0 Å². The van der Waals surface area contributed by atoms with Crippen LogP contribution >= 0.6 is 0 Å². The zero-order valence-corrected chi connectivity index (χ0v) is 9.82. The van der Waals surface area contributed by atoms with Crippen molar-refractivity contribution in [1.82, 2.24) is 10.3 Å². The van der Waals surface area contributed by atoms with Crippen LogP contribution in [0.2, 0.25) is 0 Å². The van der Waals surface area contributed by atoms with Crippen molar-refractivity contribution in [1.29, 1.82) is 0 Å². The van der Waals surface area contributed by atoms with Crippen molar-refractivity contribution in [3.63, 3.8) is 0 Å². The molecule has 2 nitrogen and oxygen atoms in total. The van der Waals surface area contributed by atoms with Crippen molar-refractivity contribution in [2.75, 3.05) is 6.54 Å². The molecule has 1 fully saturated rings. The van der Waals surface area contributed by atoms with Gasteiger partial charge in [0.2, 0.25) is 0 Å². The highest BCUT2D eigenvalue weighted by Gasteiger charge is 2.32. The second-order valence-corrected chi connectivity index (χ2v) is 4.84. The van der Waals surface area contributed by atoms with Gasteiger partial charge in [0, 0.05) is 24.0 Å². The van der Waals surface area contributed by atoms with E-state index >= 15 is 0 Å². The van der Waals surface area contributed by atoms with E-state index in [-0.39, 0.29) is 0 Å². The van der Waals surface area contributed by atoms with Gasteiger partial charge in [0.25, 0.3) is 0 Å². The molecule has 3 rings (SSSR count). The van der Waals surface area contributed by atoms with Crippen molar-refractivity contribution in [3.8, 4) is 12.3 Å². The summed E-state index contributed by atoms with van der Waals surface area (Å²) in [7, 11) is 0. The van der Waals surface area contributed by atoms with E-state index in [1.54, 1.807) is 6.20 Å². The maximum Gasteiger partial charge on any atom is 0.0432 e. The fourth-order valence-electron chi connectivity index (χ4n) is 2.95. The number of fused-ring (bicyclic) bond motifs is 1. The Bertz CT molecular complexity index is 496. The summed E-state index contributed by atoms with van der Waals surface area (Å²) in [6, 6.07) is 2.58. The van der Waals surface area contributed by atoms with Gasteiger partial charge in [-0.1, -0.05) is 12.0 Å². The molecule has 1 aromatic rings. The number of hydrogen-bond donors (Lipinski definition) is 1. The largest absolute Gasteiger partial charge is 0.310 e. The molecule has 1 aromatic heterocycles. The molecule has 0 spiro atoms. The SMILES string of the molecule is C#Cc1cncc(C2=CC[C@H]3CCCN[C@@H]23)c1. The molecule has 0 saturated carbocycles. The van der Waals surface area contributed by atoms with Gasteiger partial charge in [-0.15, -0.1) is 6.42 Å². The average molecular weight is 224 g/mol. The molecule has 0 aromatic carbocycles. The van der Waals surface area contributed by atoms with Crippen molar-refractivity contribution in [3.05, 3.63) is 35.7 Å². The molecule has 0 amide bonds. The van der Waals surface area contributed by atoms with E-state index in [1.807, 2.05) is 6.20 Å². The van der Waals surface area contributed by atoms with Crippen molar-refractivity contribution < 1.29 is 0 Å². The monoisotopic (exact) mass is 224 g/mol. The Morgan fingerprint density at radius 2 is 2.35 bits per heavy atom. The first-order chi connectivity index (χ1) is 8.38. The molecule has 1 saturated heterocycles. The molecule has 2 aliphatic rings. The van der Waals surface area contributed by atoms with Crippen LogP contribution in [0.4, 0.5) is 0 Å². The third-order valence-electron chi connectivity index (χ3n) is 3.80. The van der Waals surface area contributed by atoms with E-state index in [2.05, 4.69) is 28.4 Å². The summed E-state index contributed by atoms with van der Waals surface area (Å²) in [5.41, 5.74) is 3.43. The quantitative estimate of drug-likeness (QED) is 0.740. The summed E-state index contributed by atoms with van der Waals surface area (Å²) < 4.78 is 0. The molecule has 1 aliphatic carbocycles. The molecule has 1 N–H and O–H groups in total. The molecule has 86 valence electrons. The Labute approximate surface area is 102 Å². The Morgan fingerprint density at radius 3 is 3.24 bits per heavy atom. The Morgan fingerprint density at radius 1 is 1.41 bits per heavy atom. The zero-order valence-electron chi connectivity index (χ0n) is 9.82. The minimum absolute atomic E-state index is 0.513. The van der Waals surface area contributed by atoms with Gasteiger partial charge in [-0.2, -0.15) is 0 Å². The van der Waals surface area contributed by atoms with E-state index in [0.717, 1.165) is 18.0 Å². The van der Waals surface area contributed by atoms with Gasteiger partial charge in [-0.3, -0.25) is 4.98 Å². The number of nitrogens with zero attached hydrogens (tertiary/aromatic N) is 1. The van der Waals surface area contributed by atoms with Gasteiger partial charge < -0.3 is 5.32 Å². The lowest BCUT2D eigenvalue weighted by Crippen LogP contribution is -2.39. The van der Waals surface area contributed by atoms with Crippen LogP contribution in [-0.4, -0.2) is 17.6 Å². The topological polar surface area (TPSA) is 24.9 Å². The van der Waals surface area contributed by atoms with E-state index in [1.165, 1.54) is 30.4 Å². The number of allylic oxidation sites excluding steroid dienone is 1. The van der Waals surface area contributed by atoms with Gasteiger partial charge in [0.15, 0.2) is 0 Å². The van der Waals surface area contributed by atoms with Gasteiger partial charge in [0.1, 0.15) is 0 Å². The van der Waals surface area contributed by atoms with Crippen LogP contribution in [0.15, 0.2) is 24.5 Å². The van der Waals surface area contributed by atoms with Crippen LogP contribution in [-0.2, 0) is 0 Å². The lowest BCUT2D eigenvalue weighted by Gasteiger charge is -2.29. The number of nitrogens with one attached hydrogen (secondary N) is 1. The minimum atomic E-state index is 0.513. The Balaban J connectivity index is 1.91. The second-order valence-electron chi connectivity index (χ2n) is 4.84. The predicted molar refractivity (Wildman–Crippen MR) is 69.3 cm³/mol. The molecular weight excluding hydrogens is 208 g/mol. The number of rotatable bonds is 1. The standard InChI is InChI=1S/C15H16N2/c1-2-11-8-13(10-16-9-11)14-6-5-12-4-3-7-17-15(12)14/h1,6,8-10,12,15,17H,3-5,7H2/t12-,15-/m1/s1. The second kappa shape index (κ2) is 4.35. The molecule has 17 heavy (non-hydrogen) atoms.